The Bertz CT molecular complexity index is 539. The van der Waals surface area contributed by atoms with Gasteiger partial charge in [-0.05, 0) is 30.6 Å². The van der Waals surface area contributed by atoms with Crippen LogP contribution in [-0.2, 0) is 9.53 Å². The van der Waals surface area contributed by atoms with E-state index in [2.05, 4.69) is 15.3 Å². The summed E-state index contributed by atoms with van der Waals surface area (Å²) < 4.78 is 9.31. The number of carbonyl (C=O) groups is 1. The molecule has 0 N–H and O–H groups in total. The SMILES string of the molecule is CCOC(=O)CCN(C)c1snc2ccccc12. The quantitative estimate of drug-likeness (QED) is 0.779. The third-order valence-corrected chi connectivity index (χ3v) is 3.66. The summed E-state index contributed by atoms with van der Waals surface area (Å²) in [5.74, 6) is -0.154. The van der Waals surface area contributed by atoms with Crippen LogP contribution in [0, 0.1) is 0 Å². The highest BCUT2D eigenvalue weighted by Crippen LogP contribution is 2.30. The highest BCUT2D eigenvalue weighted by atomic mass is 32.1. The summed E-state index contributed by atoms with van der Waals surface area (Å²) in [6.45, 7) is 2.90. The Morgan fingerprint density at radius 3 is 3.00 bits per heavy atom. The highest BCUT2D eigenvalue weighted by molar-refractivity contribution is 7.11. The maximum Gasteiger partial charge on any atom is 0.307 e. The zero-order chi connectivity index (χ0) is 13.0. The van der Waals surface area contributed by atoms with Crippen molar-refractivity contribution in [2.75, 3.05) is 25.1 Å². The molecule has 0 fully saturated rings. The maximum absolute atomic E-state index is 11.3. The summed E-state index contributed by atoms with van der Waals surface area (Å²) in [4.78, 5) is 13.4. The van der Waals surface area contributed by atoms with E-state index in [0.717, 1.165) is 15.9 Å². The molecule has 0 bridgehead atoms. The van der Waals surface area contributed by atoms with Crippen LogP contribution < -0.4 is 4.90 Å². The molecule has 0 atom stereocenters. The van der Waals surface area contributed by atoms with Gasteiger partial charge < -0.3 is 9.64 Å². The molecule has 18 heavy (non-hydrogen) atoms. The highest BCUT2D eigenvalue weighted by Gasteiger charge is 2.11. The molecule has 1 aromatic heterocycles. The van der Waals surface area contributed by atoms with Gasteiger partial charge in [0.2, 0.25) is 0 Å². The van der Waals surface area contributed by atoms with Crippen molar-refractivity contribution in [3.8, 4) is 0 Å². The number of carbonyl (C=O) groups excluding carboxylic acids is 1. The minimum atomic E-state index is -0.154. The molecule has 0 aliphatic rings. The van der Waals surface area contributed by atoms with Crippen LogP contribution in [0.1, 0.15) is 13.3 Å². The molecule has 0 unspecified atom stereocenters. The van der Waals surface area contributed by atoms with E-state index in [1.807, 2.05) is 32.2 Å². The summed E-state index contributed by atoms with van der Waals surface area (Å²) in [6.07, 6.45) is 0.399. The number of aromatic nitrogens is 1. The van der Waals surface area contributed by atoms with Gasteiger partial charge in [-0.3, -0.25) is 4.79 Å². The number of esters is 1. The molecule has 0 saturated heterocycles. The number of hydrogen-bond acceptors (Lipinski definition) is 5. The van der Waals surface area contributed by atoms with Gasteiger partial charge in [0.15, 0.2) is 0 Å². The van der Waals surface area contributed by atoms with Crippen molar-refractivity contribution in [1.82, 2.24) is 4.37 Å². The summed E-state index contributed by atoms with van der Waals surface area (Å²) >= 11 is 1.46. The predicted octanol–water partition coefficient (Wildman–Crippen LogP) is 2.69. The minimum absolute atomic E-state index is 0.154. The second-order valence-electron chi connectivity index (χ2n) is 3.98. The Hall–Kier alpha value is -1.62. The smallest absolute Gasteiger partial charge is 0.307 e. The number of ether oxygens (including phenoxy) is 1. The largest absolute Gasteiger partial charge is 0.466 e. The molecule has 0 aliphatic heterocycles. The monoisotopic (exact) mass is 264 g/mol. The van der Waals surface area contributed by atoms with E-state index >= 15 is 0 Å². The molecule has 2 aromatic rings. The number of anilines is 1. The molecule has 0 amide bonds. The molecule has 0 saturated carbocycles. The first-order chi connectivity index (χ1) is 8.72. The normalized spacial score (nSPS) is 10.6. The van der Waals surface area contributed by atoms with E-state index in [9.17, 15) is 4.79 Å². The first kappa shape index (κ1) is 12.8. The zero-order valence-electron chi connectivity index (χ0n) is 10.5. The van der Waals surface area contributed by atoms with Crippen molar-refractivity contribution in [1.29, 1.82) is 0 Å². The van der Waals surface area contributed by atoms with E-state index in [-0.39, 0.29) is 5.97 Å². The number of benzene rings is 1. The fourth-order valence-electron chi connectivity index (χ4n) is 1.74. The van der Waals surface area contributed by atoms with E-state index in [0.29, 0.717) is 19.6 Å². The van der Waals surface area contributed by atoms with E-state index < -0.39 is 0 Å². The fourth-order valence-corrected chi connectivity index (χ4v) is 2.59. The van der Waals surface area contributed by atoms with Crippen molar-refractivity contribution >= 4 is 33.4 Å². The molecular weight excluding hydrogens is 248 g/mol. The molecule has 5 heteroatoms. The van der Waals surface area contributed by atoms with Crippen LogP contribution in [-0.4, -0.2) is 30.5 Å². The van der Waals surface area contributed by atoms with Crippen LogP contribution in [0.3, 0.4) is 0 Å². The predicted molar refractivity (Wildman–Crippen MR) is 74.1 cm³/mol. The molecule has 1 aromatic carbocycles. The Morgan fingerprint density at radius 2 is 2.22 bits per heavy atom. The summed E-state index contributed by atoms with van der Waals surface area (Å²) in [5, 5.41) is 2.23. The molecule has 1 heterocycles. The van der Waals surface area contributed by atoms with E-state index in [1.165, 1.54) is 11.5 Å². The first-order valence-corrected chi connectivity index (χ1v) is 6.71. The standard InChI is InChI=1S/C13H16N2O2S/c1-3-17-12(16)8-9-15(2)13-10-6-4-5-7-11(10)14-18-13/h4-7H,3,8-9H2,1-2H3. The Labute approximate surface area is 110 Å². The lowest BCUT2D eigenvalue weighted by Gasteiger charge is -2.16. The molecule has 4 nitrogen and oxygen atoms in total. The lowest BCUT2D eigenvalue weighted by Crippen LogP contribution is -2.21. The summed E-state index contributed by atoms with van der Waals surface area (Å²) in [5.41, 5.74) is 1.00. The van der Waals surface area contributed by atoms with Gasteiger partial charge in [-0.25, -0.2) is 0 Å². The number of rotatable bonds is 5. The van der Waals surface area contributed by atoms with Gasteiger partial charge in [0.05, 0.1) is 18.5 Å². The van der Waals surface area contributed by atoms with Crippen LogP contribution in [0.4, 0.5) is 5.00 Å². The van der Waals surface area contributed by atoms with Gasteiger partial charge >= 0.3 is 5.97 Å². The van der Waals surface area contributed by atoms with Crippen molar-refractivity contribution in [3.63, 3.8) is 0 Å². The van der Waals surface area contributed by atoms with Gasteiger partial charge in [-0.15, -0.1) is 0 Å². The second-order valence-corrected chi connectivity index (χ2v) is 4.73. The minimum Gasteiger partial charge on any atom is -0.466 e. The van der Waals surface area contributed by atoms with Crippen LogP contribution in [0.2, 0.25) is 0 Å². The van der Waals surface area contributed by atoms with Gasteiger partial charge in [0.25, 0.3) is 0 Å². The van der Waals surface area contributed by atoms with Gasteiger partial charge in [0.1, 0.15) is 5.00 Å². The number of nitrogens with zero attached hydrogens (tertiary/aromatic N) is 2. The fraction of sp³-hybridized carbons (Fsp3) is 0.385. The average molecular weight is 264 g/mol. The second kappa shape index (κ2) is 5.82. The van der Waals surface area contributed by atoms with Crippen LogP contribution in [0.25, 0.3) is 10.9 Å². The van der Waals surface area contributed by atoms with Crippen LogP contribution in [0.5, 0.6) is 0 Å². The zero-order valence-corrected chi connectivity index (χ0v) is 11.4. The molecule has 96 valence electrons. The van der Waals surface area contributed by atoms with Crippen molar-refractivity contribution in [2.24, 2.45) is 0 Å². The summed E-state index contributed by atoms with van der Waals surface area (Å²) in [7, 11) is 1.97. The Morgan fingerprint density at radius 1 is 1.44 bits per heavy atom. The number of hydrogen-bond donors (Lipinski definition) is 0. The van der Waals surface area contributed by atoms with Gasteiger partial charge in [0, 0.05) is 19.0 Å². The van der Waals surface area contributed by atoms with E-state index in [1.54, 1.807) is 0 Å². The number of fused-ring (bicyclic) bond motifs is 1. The average Bonchev–Trinajstić information content (AvgIpc) is 2.80. The lowest BCUT2D eigenvalue weighted by atomic mass is 10.2. The Balaban J connectivity index is 2.05. The van der Waals surface area contributed by atoms with Gasteiger partial charge in [-0.1, -0.05) is 12.1 Å². The van der Waals surface area contributed by atoms with Crippen molar-refractivity contribution in [3.05, 3.63) is 24.3 Å². The third-order valence-electron chi connectivity index (χ3n) is 2.67. The molecule has 0 radical (unpaired) electrons. The first-order valence-electron chi connectivity index (χ1n) is 5.93. The molecule has 0 aliphatic carbocycles. The third kappa shape index (κ3) is 2.79. The van der Waals surface area contributed by atoms with E-state index in [4.69, 9.17) is 4.74 Å². The topological polar surface area (TPSA) is 42.4 Å². The van der Waals surface area contributed by atoms with Gasteiger partial charge in [-0.2, -0.15) is 4.37 Å². The molecular formula is C13H16N2O2S. The molecule has 0 spiro atoms. The summed E-state index contributed by atoms with van der Waals surface area (Å²) in [6, 6.07) is 8.02. The van der Waals surface area contributed by atoms with Crippen molar-refractivity contribution in [2.45, 2.75) is 13.3 Å². The molecule has 2 rings (SSSR count). The lowest BCUT2D eigenvalue weighted by molar-refractivity contribution is -0.142. The maximum atomic E-state index is 11.3. The van der Waals surface area contributed by atoms with Crippen LogP contribution >= 0.6 is 11.5 Å². The Kier molecular flexibility index (Phi) is 4.15. The van der Waals surface area contributed by atoms with Crippen molar-refractivity contribution < 1.29 is 9.53 Å². The van der Waals surface area contributed by atoms with Crippen LogP contribution in [0.15, 0.2) is 24.3 Å².